The van der Waals surface area contributed by atoms with Gasteiger partial charge in [0, 0.05) is 16.2 Å². The van der Waals surface area contributed by atoms with Crippen LogP contribution in [0.15, 0.2) is 18.2 Å². The maximum atomic E-state index is 4.59. The summed E-state index contributed by atoms with van der Waals surface area (Å²) in [6, 6.07) is 6.36. The standard InChI is InChI=1S/C15H19N5S/c1-5-14-17-18-15-7-6-13(19-20(14)15)16-10(3)12-8-9(2)21-11(12)4/h6-8,10H,5H2,1-4H3,(H,16,19). The molecule has 110 valence electrons. The molecule has 3 heterocycles. The molecule has 5 nitrogen and oxygen atoms in total. The second kappa shape index (κ2) is 5.44. The summed E-state index contributed by atoms with van der Waals surface area (Å²) in [6.07, 6.45) is 0.815. The molecule has 0 amide bonds. The van der Waals surface area contributed by atoms with Crippen molar-refractivity contribution in [3.05, 3.63) is 39.3 Å². The summed E-state index contributed by atoms with van der Waals surface area (Å²) in [6.45, 7) is 8.52. The van der Waals surface area contributed by atoms with Crippen LogP contribution in [0.3, 0.4) is 0 Å². The summed E-state index contributed by atoms with van der Waals surface area (Å²) in [5.41, 5.74) is 2.12. The van der Waals surface area contributed by atoms with Gasteiger partial charge in [-0.25, -0.2) is 0 Å². The van der Waals surface area contributed by atoms with E-state index in [1.807, 2.05) is 23.5 Å². The van der Waals surface area contributed by atoms with Gasteiger partial charge in [0.1, 0.15) is 5.82 Å². The first kappa shape index (κ1) is 14.0. The maximum Gasteiger partial charge on any atom is 0.178 e. The molecule has 0 bridgehead atoms. The first-order valence-corrected chi connectivity index (χ1v) is 7.95. The molecule has 1 atom stereocenters. The number of hydrogen-bond donors (Lipinski definition) is 1. The number of anilines is 1. The van der Waals surface area contributed by atoms with Crippen molar-refractivity contribution in [1.29, 1.82) is 0 Å². The Morgan fingerprint density at radius 2 is 2.10 bits per heavy atom. The number of thiophene rings is 1. The Labute approximate surface area is 128 Å². The van der Waals surface area contributed by atoms with Gasteiger partial charge in [0.25, 0.3) is 0 Å². The Bertz CT molecular complexity index is 774. The highest BCUT2D eigenvalue weighted by molar-refractivity contribution is 7.12. The molecule has 0 aliphatic rings. The van der Waals surface area contributed by atoms with Gasteiger partial charge in [-0.2, -0.15) is 4.52 Å². The monoisotopic (exact) mass is 301 g/mol. The Morgan fingerprint density at radius 3 is 2.76 bits per heavy atom. The molecule has 3 aromatic rings. The van der Waals surface area contributed by atoms with E-state index in [1.165, 1.54) is 15.3 Å². The van der Waals surface area contributed by atoms with Crippen molar-refractivity contribution in [2.24, 2.45) is 0 Å². The zero-order chi connectivity index (χ0) is 15.0. The van der Waals surface area contributed by atoms with Crippen molar-refractivity contribution >= 4 is 22.8 Å². The lowest BCUT2D eigenvalue weighted by molar-refractivity contribution is 0.803. The van der Waals surface area contributed by atoms with Crippen molar-refractivity contribution in [3.63, 3.8) is 0 Å². The van der Waals surface area contributed by atoms with E-state index >= 15 is 0 Å². The first-order chi connectivity index (χ1) is 10.1. The molecule has 21 heavy (non-hydrogen) atoms. The van der Waals surface area contributed by atoms with E-state index < -0.39 is 0 Å². The van der Waals surface area contributed by atoms with Gasteiger partial charge in [-0.1, -0.05) is 6.92 Å². The lowest BCUT2D eigenvalue weighted by Crippen LogP contribution is -2.10. The molecule has 3 rings (SSSR count). The van der Waals surface area contributed by atoms with Crippen LogP contribution in [0, 0.1) is 13.8 Å². The fourth-order valence-electron chi connectivity index (χ4n) is 2.51. The zero-order valence-electron chi connectivity index (χ0n) is 12.7. The number of nitrogens with zero attached hydrogens (tertiary/aromatic N) is 4. The second-order valence-corrected chi connectivity index (χ2v) is 6.65. The van der Waals surface area contributed by atoms with Gasteiger partial charge in [0.2, 0.25) is 0 Å². The van der Waals surface area contributed by atoms with Crippen molar-refractivity contribution < 1.29 is 0 Å². The molecule has 0 aliphatic heterocycles. The topological polar surface area (TPSA) is 55.1 Å². The smallest absolute Gasteiger partial charge is 0.178 e. The highest BCUT2D eigenvalue weighted by Gasteiger charge is 2.13. The summed E-state index contributed by atoms with van der Waals surface area (Å²) in [4.78, 5) is 2.69. The third kappa shape index (κ3) is 2.63. The van der Waals surface area contributed by atoms with Gasteiger partial charge in [0.15, 0.2) is 11.5 Å². The maximum absolute atomic E-state index is 4.59. The Balaban J connectivity index is 1.88. The highest BCUT2D eigenvalue weighted by Crippen LogP contribution is 2.28. The van der Waals surface area contributed by atoms with Crippen LogP contribution in [0.5, 0.6) is 0 Å². The van der Waals surface area contributed by atoms with Gasteiger partial charge in [-0.3, -0.25) is 0 Å². The average Bonchev–Trinajstić information content (AvgIpc) is 3.01. The van der Waals surface area contributed by atoms with Gasteiger partial charge < -0.3 is 5.32 Å². The number of rotatable bonds is 4. The van der Waals surface area contributed by atoms with E-state index in [9.17, 15) is 0 Å². The van der Waals surface area contributed by atoms with Crippen molar-refractivity contribution in [2.75, 3.05) is 5.32 Å². The Hall–Kier alpha value is -1.95. The molecule has 3 aromatic heterocycles. The van der Waals surface area contributed by atoms with Crippen LogP contribution >= 0.6 is 11.3 Å². The summed E-state index contributed by atoms with van der Waals surface area (Å²) < 4.78 is 1.81. The average molecular weight is 301 g/mol. The summed E-state index contributed by atoms with van der Waals surface area (Å²) in [5, 5.41) is 16.3. The highest BCUT2D eigenvalue weighted by atomic mass is 32.1. The van der Waals surface area contributed by atoms with Crippen LogP contribution < -0.4 is 5.32 Å². The van der Waals surface area contributed by atoms with E-state index in [-0.39, 0.29) is 6.04 Å². The quantitative estimate of drug-likeness (QED) is 0.801. The van der Waals surface area contributed by atoms with Crippen molar-refractivity contribution in [3.8, 4) is 0 Å². The summed E-state index contributed by atoms with van der Waals surface area (Å²) >= 11 is 1.83. The van der Waals surface area contributed by atoms with E-state index in [0.717, 1.165) is 23.7 Å². The number of aryl methyl sites for hydroxylation is 3. The number of fused-ring (bicyclic) bond motifs is 1. The zero-order valence-corrected chi connectivity index (χ0v) is 13.5. The largest absolute Gasteiger partial charge is 0.362 e. The van der Waals surface area contributed by atoms with E-state index in [2.05, 4.69) is 54.4 Å². The number of nitrogens with one attached hydrogen (secondary N) is 1. The fourth-order valence-corrected chi connectivity index (χ4v) is 3.53. The minimum Gasteiger partial charge on any atom is -0.362 e. The fraction of sp³-hybridized carbons (Fsp3) is 0.400. The van der Waals surface area contributed by atoms with E-state index in [0.29, 0.717) is 0 Å². The van der Waals surface area contributed by atoms with Crippen LogP contribution in [0.1, 0.15) is 41.0 Å². The van der Waals surface area contributed by atoms with Gasteiger partial charge in [-0.05, 0) is 44.5 Å². The van der Waals surface area contributed by atoms with Gasteiger partial charge >= 0.3 is 0 Å². The first-order valence-electron chi connectivity index (χ1n) is 7.13. The Morgan fingerprint density at radius 1 is 1.29 bits per heavy atom. The molecule has 0 fully saturated rings. The number of hydrogen-bond acceptors (Lipinski definition) is 5. The summed E-state index contributed by atoms with van der Waals surface area (Å²) in [7, 11) is 0. The molecule has 1 N–H and O–H groups in total. The predicted molar refractivity (Wildman–Crippen MR) is 86.0 cm³/mol. The van der Waals surface area contributed by atoms with Crippen LogP contribution in [0.4, 0.5) is 5.82 Å². The molecule has 0 radical (unpaired) electrons. The van der Waals surface area contributed by atoms with Crippen LogP contribution in [0.25, 0.3) is 5.65 Å². The molecule has 0 spiro atoms. The van der Waals surface area contributed by atoms with E-state index in [1.54, 1.807) is 4.52 Å². The molecule has 0 aliphatic carbocycles. The molecule has 1 unspecified atom stereocenters. The van der Waals surface area contributed by atoms with Crippen LogP contribution in [0.2, 0.25) is 0 Å². The van der Waals surface area contributed by atoms with Crippen molar-refractivity contribution in [2.45, 2.75) is 40.2 Å². The van der Waals surface area contributed by atoms with E-state index in [4.69, 9.17) is 0 Å². The second-order valence-electron chi connectivity index (χ2n) is 5.19. The van der Waals surface area contributed by atoms with Crippen molar-refractivity contribution in [1.82, 2.24) is 19.8 Å². The van der Waals surface area contributed by atoms with Crippen LogP contribution in [-0.4, -0.2) is 19.8 Å². The molecule has 6 heteroatoms. The summed E-state index contributed by atoms with van der Waals surface area (Å²) in [5.74, 6) is 1.72. The lowest BCUT2D eigenvalue weighted by Gasteiger charge is -2.14. The molecular formula is C15H19N5S. The molecular weight excluding hydrogens is 282 g/mol. The minimum absolute atomic E-state index is 0.224. The predicted octanol–water partition coefficient (Wildman–Crippen LogP) is 3.54. The molecule has 0 aromatic carbocycles. The lowest BCUT2D eigenvalue weighted by atomic mass is 10.1. The van der Waals surface area contributed by atoms with Gasteiger partial charge in [-0.15, -0.1) is 26.6 Å². The van der Waals surface area contributed by atoms with Gasteiger partial charge in [0.05, 0.1) is 6.04 Å². The normalized spacial score (nSPS) is 12.8. The SMILES string of the molecule is CCc1nnc2ccc(NC(C)c3cc(C)sc3C)nn12. The Kier molecular flexibility index (Phi) is 3.63. The third-order valence-electron chi connectivity index (χ3n) is 3.55. The third-order valence-corrected chi connectivity index (χ3v) is 4.54. The number of aromatic nitrogens is 4. The minimum atomic E-state index is 0.224. The molecule has 0 saturated carbocycles. The molecule has 0 saturated heterocycles. The van der Waals surface area contributed by atoms with Crippen LogP contribution in [-0.2, 0) is 6.42 Å².